The van der Waals surface area contributed by atoms with Crippen LogP contribution < -0.4 is 10.1 Å². The largest absolute Gasteiger partial charge is 0.497 e. The van der Waals surface area contributed by atoms with Gasteiger partial charge >= 0.3 is 0 Å². The Morgan fingerprint density at radius 1 is 1.25 bits per heavy atom. The van der Waals surface area contributed by atoms with Crippen molar-refractivity contribution < 1.29 is 14.1 Å². The van der Waals surface area contributed by atoms with Gasteiger partial charge in [-0.2, -0.15) is 4.98 Å². The molecule has 3 rings (SSSR count). The van der Waals surface area contributed by atoms with Gasteiger partial charge in [0.25, 0.3) is 0 Å². The first-order valence-electron chi connectivity index (χ1n) is 10.1. The monoisotopic (exact) mass is 386 g/mol. The molecule has 2 aromatic rings. The number of nitrogens with zero attached hydrogens (tertiary/aromatic N) is 3. The molecule has 2 atom stereocenters. The molecule has 0 aliphatic carbocycles. The molecule has 2 heterocycles. The van der Waals surface area contributed by atoms with Crippen LogP contribution in [0.4, 0.5) is 0 Å². The van der Waals surface area contributed by atoms with Crippen LogP contribution in [0.3, 0.4) is 0 Å². The van der Waals surface area contributed by atoms with Crippen molar-refractivity contribution in [2.45, 2.75) is 58.0 Å². The Hall–Kier alpha value is -2.41. The minimum absolute atomic E-state index is 0.0929. The number of likely N-dealkylation sites (tertiary alicyclic amines) is 1. The number of rotatable bonds is 8. The van der Waals surface area contributed by atoms with Gasteiger partial charge in [-0.05, 0) is 57.4 Å². The molecule has 1 fully saturated rings. The standard InChI is InChI=1S/C21H30N4O3/c1-15-6-4-7-16(2)25(15)13-5-12-22-19(26)14-20-23-21(24-28-20)17-8-10-18(27-3)11-9-17/h8-11,15-16H,4-7,12-14H2,1-3H3,(H,22,26)/t15-,16-/m1/s1. The second-order valence-electron chi connectivity index (χ2n) is 7.49. The van der Waals surface area contributed by atoms with Gasteiger partial charge in [0.05, 0.1) is 7.11 Å². The van der Waals surface area contributed by atoms with Gasteiger partial charge in [-0.1, -0.05) is 11.6 Å². The number of carbonyl (C=O) groups excluding carboxylic acids is 1. The highest BCUT2D eigenvalue weighted by molar-refractivity contribution is 5.77. The van der Waals surface area contributed by atoms with Crippen molar-refractivity contribution in [2.24, 2.45) is 0 Å². The molecule has 0 saturated carbocycles. The summed E-state index contributed by atoms with van der Waals surface area (Å²) in [4.78, 5) is 19.0. The number of benzene rings is 1. The molecule has 0 radical (unpaired) electrons. The summed E-state index contributed by atoms with van der Waals surface area (Å²) in [6.07, 6.45) is 4.90. The Morgan fingerprint density at radius 2 is 1.96 bits per heavy atom. The van der Waals surface area contributed by atoms with Gasteiger partial charge in [0.2, 0.25) is 17.6 Å². The van der Waals surface area contributed by atoms with Crippen molar-refractivity contribution in [3.63, 3.8) is 0 Å². The fourth-order valence-electron chi connectivity index (χ4n) is 3.79. The predicted octanol–water partition coefficient (Wildman–Crippen LogP) is 3.06. The second kappa shape index (κ2) is 9.68. The van der Waals surface area contributed by atoms with Gasteiger partial charge in [0.15, 0.2) is 0 Å². The number of ether oxygens (including phenoxy) is 1. The van der Waals surface area contributed by atoms with E-state index >= 15 is 0 Å². The molecule has 1 aromatic carbocycles. The van der Waals surface area contributed by atoms with E-state index in [0.29, 0.717) is 30.3 Å². The van der Waals surface area contributed by atoms with Crippen LogP contribution >= 0.6 is 0 Å². The molecule has 7 heteroatoms. The molecule has 1 aromatic heterocycles. The smallest absolute Gasteiger partial charge is 0.236 e. The van der Waals surface area contributed by atoms with Crippen molar-refractivity contribution in [3.8, 4) is 17.1 Å². The lowest BCUT2D eigenvalue weighted by atomic mass is 9.97. The maximum absolute atomic E-state index is 12.2. The van der Waals surface area contributed by atoms with Gasteiger partial charge in [-0.15, -0.1) is 0 Å². The molecule has 1 amide bonds. The summed E-state index contributed by atoms with van der Waals surface area (Å²) in [5.41, 5.74) is 0.820. The average molecular weight is 386 g/mol. The number of amides is 1. The zero-order valence-corrected chi connectivity index (χ0v) is 17.0. The van der Waals surface area contributed by atoms with Crippen LogP contribution in [0, 0.1) is 0 Å². The third-order valence-corrected chi connectivity index (χ3v) is 5.42. The zero-order valence-electron chi connectivity index (χ0n) is 17.0. The predicted molar refractivity (Wildman–Crippen MR) is 107 cm³/mol. The van der Waals surface area contributed by atoms with E-state index in [4.69, 9.17) is 9.26 Å². The minimum atomic E-state index is -0.0929. The fraction of sp³-hybridized carbons (Fsp3) is 0.571. The molecular formula is C21H30N4O3. The summed E-state index contributed by atoms with van der Waals surface area (Å²) in [7, 11) is 1.62. The Bertz CT molecular complexity index is 749. The summed E-state index contributed by atoms with van der Waals surface area (Å²) < 4.78 is 10.4. The molecule has 0 spiro atoms. The van der Waals surface area contributed by atoms with Crippen molar-refractivity contribution in [1.29, 1.82) is 0 Å². The highest BCUT2D eigenvalue weighted by Gasteiger charge is 2.23. The van der Waals surface area contributed by atoms with E-state index in [0.717, 1.165) is 24.3 Å². The lowest BCUT2D eigenvalue weighted by Gasteiger charge is -2.39. The average Bonchev–Trinajstić information content (AvgIpc) is 3.15. The summed E-state index contributed by atoms with van der Waals surface area (Å²) in [5.74, 6) is 1.46. The Labute approximate surface area is 166 Å². The lowest BCUT2D eigenvalue weighted by Crippen LogP contribution is -2.44. The molecule has 1 N–H and O–H groups in total. The van der Waals surface area contributed by atoms with Crippen LogP contribution in [0.2, 0.25) is 0 Å². The summed E-state index contributed by atoms with van der Waals surface area (Å²) in [6, 6.07) is 8.65. The molecule has 152 valence electrons. The van der Waals surface area contributed by atoms with Crippen LogP contribution in [0.5, 0.6) is 5.75 Å². The number of piperidine rings is 1. The molecule has 7 nitrogen and oxygen atoms in total. The van der Waals surface area contributed by atoms with Gasteiger partial charge in [-0.3, -0.25) is 9.69 Å². The summed E-state index contributed by atoms with van der Waals surface area (Å²) in [6.45, 7) is 6.27. The molecule has 28 heavy (non-hydrogen) atoms. The van der Waals surface area contributed by atoms with Crippen molar-refractivity contribution >= 4 is 5.91 Å². The third kappa shape index (κ3) is 5.32. The topological polar surface area (TPSA) is 80.5 Å². The van der Waals surface area contributed by atoms with E-state index in [1.54, 1.807) is 7.11 Å². The molecule has 1 aliphatic rings. The fourth-order valence-corrected chi connectivity index (χ4v) is 3.79. The van der Waals surface area contributed by atoms with Crippen molar-refractivity contribution in [2.75, 3.05) is 20.2 Å². The van der Waals surface area contributed by atoms with Crippen LogP contribution in [0.15, 0.2) is 28.8 Å². The molecule has 1 aliphatic heterocycles. The highest BCUT2D eigenvalue weighted by Crippen LogP contribution is 2.22. The number of hydrogen-bond donors (Lipinski definition) is 1. The number of nitrogens with one attached hydrogen (secondary N) is 1. The first kappa shape index (κ1) is 20.3. The maximum atomic E-state index is 12.2. The van der Waals surface area contributed by atoms with E-state index in [2.05, 4.69) is 34.2 Å². The van der Waals surface area contributed by atoms with Gasteiger partial charge < -0.3 is 14.6 Å². The van der Waals surface area contributed by atoms with Crippen molar-refractivity contribution in [3.05, 3.63) is 30.2 Å². The molecule has 0 bridgehead atoms. The minimum Gasteiger partial charge on any atom is -0.497 e. The quantitative estimate of drug-likeness (QED) is 0.703. The number of hydrogen-bond acceptors (Lipinski definition) is 6. The SMILES string of the molecule is COc1ccc(-c2noc(CC(=O)NCCCN3[C@H](C)CCC[C@H]3C)n2)cc1. The number of aromatic nitrogens is 2. The summed E-state index contributed by atoms with van der Waals surface area (Å²) >= 11 is 0. The van der Waals surface area contributed by atoms with Crippen molar-refractivity contribution in [1.82, 2.24) is 20.4 Å². The first-order valence-corrected chi connectivity index (χ1v) is 10.1. The number of carbonyl (C=O) groups is 1. The van der Waals surface area contributed by atoms with E-state index in [1.807, 2.05) is 24.3 Å². The van der Waals surface area contributed by atoms with Crippen LogP contribution in [0.1, 0.15) is 45.4 Å². The number of methoxy groups -OCH3 is 1. The summed E-state index contributed by atoms with van der Waals surface area (Å²) in [5, 5.41) is 6.91. The van der Waals surface area contributed by atoms with Crippen LogP contribution in [-0.2, 0) is 11.2 Å². The van der Waals surface area contributed by atoms with E-state index in [9.17, 15) is 4.79 Å². The zero-order chi connectivity index (χ0) is 19.9. The van der Waals surface area contributed by atoms with E-state index in [-0.39, 0.29) is 12.3 Å². The van der Waals surface area contributed by atoms with E-state index < -0.39 is 0 Å². The Kier molecular flexibility index (Phi) is 7.03. The van der Waals surface area contributed by atoms with Crippen LogP contribution in [0.25, 0.3) is 11.4 Å². The first-order chi connectivity index (χ1) is 13.6. The van der Waals surface area contributed by atoms with Gasteiger partial charge in [-0.25, -0.2) is 0 Å². The molecule has 1 saturated heterocycles. The Balaban J connectivity index is 1.42. The molecule has 0 unspecified atom stereocenters. The normalized spacial score (nSPS) is 20.1. The van der Waals surface area contributed by atoms with Gasteiger partial charge in [0.1, 0.15) is 12.2 Å². The Morgan fingerprint density at radius 3 is 2.64 bits per heavy atom. The lowest BCUT2D eigenvalue weighted by molar-refractivity contribution is -0.120. The van der Waals surface area contributed by atoms with E-state index in [1.165, 1.54) is 19.3 Å². The second-order valence-corrected chi connectivity index (χ2v) is 7.49. The van der Waals surface area contributed by atoms with Crippen LogP contribution in [-0.4, -0.2) is 53.2 Å². The molecular weight excluding hydrogens is 356 g/mol. The maximum Gasteiger partial charge on any atom is 0.236 e. The van der Waals surface area contributed by atoms with Gasteiger partial charge in [0, 0.05) is 30.7 Å². The third-order valence-electron chi connectivity index (χ3n) is 5.42. The highest BCUT2D eigenvalue weighted by atomic mass is 16.5.